The van der Waals surface area contributed by atoms with E-state index in [9.17, 15) is 9.90 Å². The highest BCUT2D eigenvalue weighted by Crippen LogP contribution is 2.12. The summed E-state index contributed by atoms with van der Waals surface area (Å²) < 4.78 is 9.70. The van der Waals surface area contributed by atoms with E-state index in [2.05, 4.69) is 0 Å². The fourth-order valence-electron chi connectivity index (χ4n) is 0.928. The van der Waals surface area contributed by atoms with Gasteiger partial charge in [-0.3, -0.25) is 0 Å². The van der Waals surface area contributed by atoms with Gasteiger partial charge in [-0.25, -0.2) is 4.79 Å². The molecule has 0 atom stereocenters. The van der Waals surface area contributed by atoms with Crippen LogP contribution in [0.4, 0.5) is 0 Å². The number of rotatable bonds is 3. The molecule has 0 aliphatic rings. The highest BCUT2D eigenvalue weighted by atomic mass is 16.5. The second kappa shape index (κ2) is 4.50. The van der Waals surface area contributed by atoms with Crippen molar-refractivity contribution in [3.63, 3.8) is 0 Å². The summed E-state index contributed by atoms with van der Waals surface area (Å²) >= 11 is 0. The van der Waals surface area contributed by atoms with Crippen molar-refractivity contribution in [2.24, 2.45) is 0 Å². The standard InChI is InChI=1S/C10H12O4/c1-3-7(11)4-9-5-8(13-2)6-10(12)14-9/h4-6,11H,3H2,1-2H3/b7-4-. The smallest absolute Gasteiger partial charge is 0.339 e. The van der Waals surface area contributed by atoms with E-state index >= 15 is 0 Å². The Bertz CT molecular complexity index is 389. The molecule has 1 aromatic heterocycles. The van der Waals surface area contributed by atoms with Gasteiger partial charge >= 0.3 is 5.63 Å². The van der Waals surface area contributed by atoms with Crippen LogP contribution in [0.5, 0.6) is 5.75 Å². The molecule has 0 bridgehead atoms. The topological polar surface area (TPSA) is 59.7 Å². The van der Waals surface area contributed by atoms with Crippen molar-refractivity contribution in [1.29, 1.82) is 0 Å². The monoisotopic (exact) mass is 196 g/mol. The summed E-state index contributed by atoms with van der Waals surface area (Å²) in [5.41, 5.74) is -0.500. The van der Waals surface area contributed by atoms with Gasteiger partial charge in [0, 0.05) is 18.6 Å². The van der Waals surface area contributed by atoms with E-state index in [0.717, 1.165) is 0 Å². The van der Waals surface area contributed by atoms with Crippen LogP contribution in [0, 0.1) is 0 Å². The summed E-state index contributed by atoms with van der Waals surface area (Å²) in [5.74, 6) is 0.853. The largest absolute Gasteiger partial charge is 0.512 e. The average Bonchev–Trinajstić information content (AvgIpc) is 2.16. The van der Waals surface area contributed by atoms with Gasteiger partial charge in [0.25, 0.3) is 0 Å². The van der Waals surface area contributed by atoms with Crippen molar-refractivity contribution in [2.75, 3.05) is 7.11 Å². The molecule has 14 heavy (non-hydrogen) atoms. The molecule has 76 valence electrons. The molecule has 0 aliphatic heterocycles. The summed E-state index contributed by atoms with van der Waals surface area (Å²) in [4.78, 5) is 11.0. The first kappa shape index (κ1) is 10.4. The summed E-state index contributed by atoms with van der Waals surface area (Å²) in [5, 5.41) is 9.22. The van der Waals surface area contributed by atoms with Crippen LogP contribution in [0.25, 0.3) is 6.08 Å². The molecule has 0 saturated heterocycles. The SMILES string of the molecule is CC/C(O)=C/c1cc(OC)cc(=O)o1. The lowest BCUT2D eigenvalue weighted by molar-refractivity contribution is 0.391. The van der Waals surface area contributed by atoms with Gasteiger partial charge in [0.1, 0.15) is 11.5 Å². The zero-order valence-electron chi connectivity index (χ0n) is 8.11. The van der Waals surface area contributed by atoms with Gasteiger partial charge in [0.2, 0.25) is 0 Å². The van der Waals surface area contributed by atoms with E-state index in [-0.39, 0.29) is 11.5 Å². The Labute approximate surface area is 81.4 Å². The maximum atomic E-state index is 11.0. The average molecular weight is 196 g/mol. The zero-order chi connectivity index (χ0) is 10.6. The number of hydrogen-bond acceptors (Lipinski definition) is 4. The molecule has 0 radical (unpaired) electrons. The summed E-state index contributed by atoms with van der Waals surface area (Å²) in [6.07, 6.45) is 1.88. The van der Waals surface area contributed by atoms with Gasteiger partial charge in [0.05, 0.1) is 18.9 Å². The molecule has 1 heterocycles. The van der Waals surface area contributed by atoms with Crippen LogP contribution in [0.1, 0.15) is 19.1 Å². The quantitative estimate of drug-likeness (QED) is 0.750. The van der Waals surface area contributed by atoms with Crippen molar-refractivity contribution in [2.45, 2.75) is 13.3 Å². The lowest BCUT2D eigenvalue weighted by atomic mass is 10.3. The van der Waals surface area contributed by atoms with Crippen LogP contribution in [0.3, 0.4) is 0 Å². The van der Waals surface area contributed by atoms with Gasteiger partial charge in [-0.15, -0.1) is 0 Å². The first-order valence-electron chi connectivity index (χ1n) is 4.24. The zero-order valence-corrected chi connectivity index (χ0v) is 8.11. The van der Waals surface area contributed by atoms with Crippen LogP contribution in [0.15, 0.2) is 27.1 Å². The van der Waals surface area contributed by atoms with Crippen LogP contribution in [-0.4, -0.2) is 12.2 Å². The van der Waals surface area contributed by atoms with Gasteiger partial charge in [0.15, 0.2) is 0 Å². The van der Waals surface area contributed by atoms with E-state index in [1.54, 1.807) is 6.92 Å². The maximum absolute atomic E-state index is 11.0. The molecule has 0 unspecified atom stereocenters. The summed E-state index contributed by atoms with van der Waals surface area (Å²) in [6, 6.07) is 2.77. The third-order valence-electron chi connectivity index (χ3n) is 1.67. The van der Waals surface area contributed by atoms with Gasteiger partial charge < -0.3 is 14.3 Å². The van der Waals surface area contributed by atoms with Crippen molar-refractivity contribution in [1.82, 2.24) is 0 Å². The molecule has 1 rings (SSSR count). The first-order valence-corrected chi connectivity index (χ1v) is 4.24. The van der Waals surface area contributed by atoms with Gasteiger partial charge in [-0.2, -0.15) is 0 Å². The Balaban J connectivity index is 3.10. The molecule has 4 heteroatoms. The fraction of sp³-hybridized carbons (Fsp3) is 0.300. The van der Waals surface area contributed by atoms with Gasteiger partial charge in [-0.1, -0.05) is 6.92 Å². The number of ether oxygens (including phenoxy) is 1. The van der Waals surface area contributed by atoms with E-state index in [1.165, 1.54) is 25.3 Å². The molecule has 0 saturated carbocycles. The number of hydrogen-bond donors (Lipinski definition) is 1. The minimum atomic E-state index is -0.500. The van der Waals surface area contributed by atoms with Crippen LogP contribution in [-0.2, 0) is 0 Å². The number of aliphatic hydroxyl groups is 1. The van der Waals surface area contributed by atoms with Crippen LogP contribution < -0.4 is 10.4 Å². The molecule has 0 amide bonds. The first-order chi connectivity index (χ1) is 6.65. The Morgan fingerprint density at radius 1 is 1.64 bits per heavy atom. The minimum absolute atomic E-state index is 0.154. The Kier molecular flexibility index (Phi) is 3.34. The highest BCUT2D eigenvalue weighted by molar-refractivity contribution is 5.46. The second-order valence-corrected chi connectivity index (χ2v) is 2.71. The predicted molar refractivity (Wildman–Crippen MR) is 52.4 cm³/mol. The predicted octanol–water partition coefficient (Wildman–Crippen LogP) is 1.96. The second-order valence-electron chi connectivity index (χ2n) is 2.71. The lowest BCUT2D eigenvalue weighted by Gasteiger charge is -1.99. The summed E-state index contributed by atoms with van der Waals surface area (Å²) in [7, 11) is 1.46. The van der Waals surface area contributed by atoms with Crippen molar-refractivity contribution in [3.8, 4) is 5.75 Å². The van der Waals surface area contributed by atoms with Crippen LogP contribution in [0.2, 0.25) is 0 Å². The lowest BCUT2D eigenvalue weighted by Crippen LogP contribution is -1.99. The van der Waals surface area contributed by atoms with E-state index < -0.39 is 5.63 Å². The molecule has 1 aromatic rings. The van der Waals surface area contributed by atoms with Gasteiger partial charge in [-0.05, 0) is 0 Å². The Morgan fingerprint density at radius 3 is 2.93 bits per heavy atom. The summed E-state index contributed by atoms with van der Waals surface area (Å²) in [6.45, 7) is 1.80. The fourth-order valence-corrected chi connectivity index (χ4v) is 0.928. The van der Waals surface area contributed by atoms with Crippen molar-refractivity contribution in [3.05, 3.63) is 34.1 Å². The Morgan fingerprint density at radius 2 is 2.36 bits per heavy atom. The number of aliphatic hydroxyl groups excluding tert-OH is 1. The van der Waals surface area contributed by atoms with Crippen molar-refractivity contribution < 1.29 is 14.3 Å². The van der Waals surface area contributed by atoms with E-state index in [4.69, 9.17) is 9.15 Å². The third kappa shape index (κ3) is 2.65. The minimum Gasteiger partial charge on any atom is -0.512 e. The van der Waals surface area contributed by atoms with Crippen LogP contribution >= 0.6 is 0 Å². The molecular weight excluding hydrogens is 184 g/mol. The molecule has 0 fully saturated rings. The molecule has 0 aliphatic carbocycles. The van der Waals surface area contributed by atoms with E-state index in [1.807, 2.05) is 0 Å². The maximum Gasteiger partial charge on any atom is 0.339 e. The molecule has 0 aromatic carbocycles. The number of allylic oxidation sites excluding steroid dienone is 1. The molecule has 1 N–H and O–H groups in total. The molecule has 4 nitrogen and oxygen atoms in total. The Hall–Kier alpha value is -1.71. The van der Waals surface area contributed by atoms with E-state index in [0.29, 0.717) is 12.2 Å². The third-order valence-corrected chi connectivity index (χ3v) is 1.67. The molecular formula is C10H12O4. The normalized spacial score (nSPS) is 11.4. The highest BCUT2D eigenvalue weighted by Gasteiger charge is 2.00. The number of methoxy groups -OCH3 is 1. The molecule has 0 spiro atoms. The van der Waals surface area contributed by atoms with Crippen molar-refractivity contribution >= 4 is 6.08 Å².